The number of rotatable bonds is 2. The molecule has 0 heterocycles. The molecule has 3 aliphatic carbocycles. The summed E-state index contributed by atoms with van der Waals surface area (Å²) in [7, 11) is -4.09. The number of fused-ring (bicyclic) bond motifs is 3. The standard InChI is InChI=1S/C10H8O3S.C10H14O2/c11-14(12,13)10-6-5-8-3-1-2-4-9(8)7-10;1-9-2-5-10(6-3-9,7-4-9)8(11)12/h1-7H,(H,11,12,13);2,5H,3-4,6-7H2,1H3,(H,11,12). The molecule has 0 aliphatic heterocycles. The van der Waals surface area contributed by atoms with Crippen molar-refractivity contribution in [1.29, 1.82) is 0 Å². The molecule has 0 saturated heterocycles. The molecule has 2 bridgehead atoms. The Morgan fingerprint density at radius 1 is 0.962 bits per heavy atom. The van der Waals surface area contributed by atoms with E-state index >= 15 is 0 Å². The number of carboxylic acids is 1. The number of allylic oxidation sites excluding steroid dienone is 1. The number of benzene rings is 2. The molecule has 3 aliphatic rings. The lowest BCUT2D eigenvalue weighted by molar-refractivity contribution is -0.149. The maximum absolute atomic E-state index is 11.0. The summed E-state index contributed by atoms with van der Waals surface area (Å²) in [5, 5.41) is 10.8. The maximum atomic E-state index is 11.0. The molecule has 0 radical (unpaired) electrons. The summed E-state index contributed by atoms with van der Waals surface area (Å²) in [5.74, 6) is -0.638. The van der Waals surface area contributed by atoms with Crippen LogP contribution in [-0.2, 0) is 14.9 Å². The lowest BCUT2D eigenvalue weighted by Crippen LogP contribution is -2.40. The minimum atomic E-state index is -4.09. The Labute approximate surface area is 153 Å². The minimum Gasteiger partial charge on any atom is -0.481 e. The lowest BCUT2D eigenvalue weighted by Gasteiger charge is -2.44. The summed E-state index contributed by atoms with van der Waals surface area (Å²) in [6, 6.07) is 11.9. The normalized spacial score (nSPS) is 27.0. The van der Waals surface area contributed by atoms with Gasteiger partial charge in [-0.15, -0.1) is 0 Å². The zero-order chi connectivity index (χ0) is 19.0. The van der Waals surface area contributed by atoms with Crippen molar-refractivity contribution >= 4 is 26.9 Å². The number of aliphatic carboxylic acids is 1. The zero-order valence-corrected chi connectivity index (χ0v) is 15.4. The van der Waals surface area contributed by atoms with Gasteiger partial charge in [-0.05, 0) is 54.0 Å². The molecule has 2 N–H and O–H groups in total. The molecule has 5 nitrogen and oxygen atoms in total. The highest BCUT2D eigenvalue weighted by Gasteiger charge is 2.46. The first kappa shape index (κ1) is 18.6. The fourth-order valence-corrected chi connectivity index (χ4v) is 4.09. The van der Waals surface area contributed by atoms with Gasteiger partial charge in [-0.1, -0.05) is 49.4 Å². The van der Waals surface area contributed by atoms with Gasteiger partial charge in [-0.25, -0.2) is 0 Å². The zero-order valence-electron chi connectivity index (χ0n) is 14.6. The van der Waals surface area contributed by atoms with Crippen molar-refractivity contribution in [1.82, 2.24) is 0 Å². The Morgan fingerprint density at radius 2 is 1.58 bits per heavy atom. The second-order valence-electron chi connectivity index (χ2n) is 7.43. The molecule has 0 spiro atoms. The van der Waals surface area contributed by atoms with Crippen LogP contribution in [0.4, 0.5) is 0 Å². The fourth-order valence-electron chi connectivity index (χ4n) is 3.57. The minimum absolute atomic E-state index is 0.0730. The molecule has 2 aromatic rings. The van der Waals surface area contributed by atoms with Gasteiger partial charge in [0.05, 0.1) is 10.3 Å². The summed E-state index contributed by atoms with van der Waals surface area (Å²) in [6.45, 7) is 2.22. The highest BCUT2D eigenvalue weighted by molar-refractivity contribution is 7.85. The Morgan fingerprint density at radius 3 is 2.08 bits per heavy atom. The van der Waals surface area contributed by atoms with Gasteiger partial charge in [-0.3, -0.25) is 9.35 Å². The van der Waals surface area contributed by atoms with Crippen molar-refractivity contribution in [3.05, 3.63) is 54.6 Å². The number of hydrogen-bond donors (Lipinski definition) is 2. The van der Waals surface area contributed by atoms with Crippen molar-refractivity contribution in [2.75, 3.05) is 0 Å². The van der Waals surface area contributed by atoms with Crippen molar-refractivity contribution in [2.45, 2.75) is 37.5 Å². The van der Waals surface area contributed by atoms with Gasteiger partial charge in [0.2, 0.25) is 0 Å². The van der Waals surface area contributed by atoms with Crippen LogP contribution in [0, 0.1) is 10.8 Å². The summed E-state index contributed by atoms with van der Waals surface area (Å²) in [5.41, 5.74) is -0.199. The SMILES string of the molecule is CC12C=CC(C(=O)O)(CC1)CC2.O=S(=O)(O)c1ccc2ccccc2c1. The third-order valence-corrected chi connectivity index (χ3v) is 6.38. The third kappa shape index (κ3) is 3.66. The van der Waals surface area contributed by atoms with E-state index in [2.05, 4.69) is 13.0 Å². The van der Waals surface area contributed by atoms with Crippen LogP contribution in [0.2, 0.25) is 0 Å². The van der Waals surface area contributed by atoms with Gasteiger partial charge in [0, 0.05) is 0 Å². The van der Waals surface area contributed by atoms with Crippen molar-refractivity contribution < 1.29 is 22.9 Å². The van der Waals surface area contributed by atoms with E-state index in [1.807, 2.05) is 24.3 Å². The maximum Gasteiger partial charge on any atom is 0.313 e. The predicted octanol–water partition coefficient (Wildman–Crippen LogP) is 4.29. The second-order valence-corrected chi connectivity index (χ2v) is 8.85. The largest absolute Gasteiger partial charge is 0.481 e. The van der Waals surface area contributed by atoms with Crippen molar-refractivity contribution in [3.63, 3.8) is 0 Å². The first-order valence-corrected chi connectivity index (χ1v) is 9.98. The first-order chi connectivity index (χ1) is 12.1. The summed E-state index contributed by atoms with van der Waals surface area (Å²) in [4.78, 5) is 10.9. The quantitative estimate of drug-likeness (QED) is 0.604. The smallest absolute Gasteiger partial charge is 0.313 e. The van der Waals surface area contributed by atoms with Gasteiger partial charge in [0.15, 0.2) is 0 Å². The first-order valence-electron chi connectivity index (χ1n) is 8.54. The van der Waals surface area contributed by atoms with E-state index in [0.29, 0.717) is 5.41 Å². The van der Waals surface area contributed by atoms with Crippen LogP contribution in [0.5, 0.6) is 0 Å². The van der Waals surface area contributed by atoms with Crippen LogP contribution in [0.1, 0.15) is 32.6 Å². The van der Waals surface area contributed by atoms with Crippen LogP contribution in [0.15, 0.2) is 59.5 Å². The van der Waals surface area contributed by atoms with Crippen LogP contribution >= 0.6 is 0 Å². The monoisotopic (exact) mass is 374 g/mol. The van der Waals surface area contributed by atoms with E-state index in [1.54, 1.807) is 12.1 Å². The molecule has 1 saturated carbocycles. The highest BCUT2D eigenvalue weighted by Crippen LogP contribution is 2.52. The molecule has 0 amide bonds. The van der Waals surface area contributed by atoms with Crippen LogP contribution in [0.25, 0.3) is 10.8 Å². The van der Waals surface area contributed by atoms with E-state index < -0.39 is 21.5 Å². The molecule has 5 rings (SSSR count). The van der Waals surface area contributed by atoms with Gasteiger partial charge in [0.25, 0.3) is 10.1 Å². The Kier molecular flexibility index (Phi) is 4.67. The van der Waals surface area contributed by atoms with E-state index in [4.69, 9.17) is 9.66 Å². The number of carboxylic acid groups (broad SMARTS) is 1. The van der Waals surface area contributed by atoms with E-state index in [9.17, 15) is 13.2 Å². The molecule has 138 valence electrons. The van der Waals surface area contributed by atoms with E-state index in [0.717, 1.165) is 36.5 Å². The lowest BCUT2D eigenvalue weighted by atomic mass is 9.59. The predicted molar refractivity (Wildman–Crippen MR) is 99.5 cm³/mol. The number of hydrogen-bond acceptors (Lipinski definition) is 3. The van der Waals surface area contributed by atoms with Crippen LogP contribution < -0.4 is 0 Å². The molecule has 1 fully saturated rings. The van der Waals surface area contributed by atoms with Gasteiger partial charge < -0.3 is 5.11 Å². The van der Waals surface area contributed by atoms with E-state index in [1.165, 1.54) is 12.1 Å². The Bertz CT molecular complexity index is 967. The van der Waals surface area contributed by atoms with Gasteiger partial charge >= 0.3 is 5.97 Å². The number of carbonyl (C=O) groups is 1. The average molecular weight is 374 g/mol. The molecular formula is C20H22O5S. The van der Waals surface area contributed by atoms with Gasteiger partial charge in [-0.2, -0.15) is 8.42 Å². The molecule has 0 unspecified atom stereocenters. The van der Waals surface area contributed by atoms with Crippen molar-refractivity contribution in [2.24, 2.45) is 10.8 Å². The van der Waals surface area contributed by atoms with Crippen LogP contribution in [-0.4, -0.2) is 24.0 Å². The molecule has 26 heavy (non-hydrogen) atoms. The third-order valence-electron chi connectivity index (χ3n) is 5.53. The molecule has 6 heteroatoms. The Balaban J connectivity index is 0.000000152. The Hall–Kier alpha value is -2.18. The van der Waals surface area contributed by atoms with E-state index in [-0.39, 0.29) is 4.90 Å². The van der Waals surface area contributed by atoms with Gasteiger partial charge in [0.1, 0.15) is 0 Å². The summed E-state index contributed by atoms with van der Waals surface area (Å²) >= 11 is 0. The van der Waals surface area contributed by atoms with Crippen molar-refractivity contribution in [3.8, 4) is 0 Å². The fraction of sp³-hybridized carbons (Fsp3) is 0.350. The molecular weight excluding hydrogens is 352 g/mol. The molecule has 0 aromatic heterocycles. The topological polar surface area (TPSA) is 91.7 Å². The summed E-state index contributed by atoms with van der Waals surface area (Å²) < 4.78 is 30.5. The van der Waals surface area contributed by atoms with Crippen LogP contribution in [0.3, 0.4) is 0 Å². The molecule has 0 atom stereocenters. The average Bonchev–Trinajstić information content (AvgIpc) is 2.62. The highest BCUT2D eigenvalue weighted by atomic mass is 32.2. The summed E-state index contributed by atoms with van der Waals surface area (Å²) in [6.07, 6.45) is 7.76. The second kappa shape index (κ2) is 6.52. The molecule has 2 aromatic carbocycles.